The van der Waals surface area contributed by atoms with Crippen molar-refractivity contribution in [3.05, 3.63) is 21.3 Å². The van der Waals surface area contributed by atoms with E-state index in [1.807, 2.05) is 0 Å². The number of esters is 2. The molecule has 22 heavy (non-hydrogen) atoms. The molecule has 0 aromatic heterocycles. The van der Waals surface area contributed by atoms with Crippen molar-refractivity contribution in [3.8, 4) is 11.5 Å². The Morgan fingerprint density at radius 1 is 1.00 bits per heavy atom. The van der Waals surface area contributed by atoms with Gasteiger partial charge in [-0.05, 0) is 0 Å². The molecule has 9 heteroatoms. The molecule has 1 aliphatic heterocycles. The molecular weight excluding hydrogens is 411 g/mol. The molecule has 0 amide bonds. The van der Waals surface area contributed by atoms with Crippen molar-refractivity contribution >= 4 is 44.5 Å². The van der Waals surface area contributed by atoms with Gasteiger partial charge in [-0.3, -0.25) is 0 Å². The van der Waals surface area contributed by atoms with Crippen LogP contribution < -0.4 is 9.47 Å². The average molecular weight is 422 g/mol. The van der Waals surface area contributed by atoms with E-state index in [-0.39, 0.29) is 17.1 Å². The summed E-state index contributed by atoms with van der Waals surface area (Å²) in [6.45, 7) is 3.50. The van der Waals surface area contributed by atoms with Gasteiger partial charge in [-0.25, -0.2) is 0 Å². The molecule has 1 heterocycles. The van der Waals surface area contributed by atoms with Gasteiger partial charge >= 0.3 is 133 Å². The molecule has 1 aromatic rings. The number of benzene rings is 1. The molecule has 0 radical (unpaired) electrons. The summed E-state index contributed by atoms with van der Waals surface area (Å²) < 4.78 is 20.3. The van der Waals surface area contributed by atoms with E-state index in [0.29, 0.717) is 3.57 Å². The molecule has 0 atom stereocenters. The minimum atomic E-state index is -2.95. The van der Waals surface area contributed by atoms with Crippen LogP contribution >= 0.6 is 20.6 Å². The van der Waals surface area contributed by atoms with Crippen LogP contribution in [0.15, 0.2) is 12.1 Å². The van der Waals surface area contributed by atoms with Crippen LogP contribution in [0.25, 0.3) is 0 Å². The van der Waals surface area contributed by atoms with Gasteiger partial charge in [-0.15, -0.1) is 0 Å². The number of fused-ring (bicyclic) bond motifs is 1. The van der Waals surface area contributed by atoms with Crippen molar-refractivity contribution < 1.29 is 34.8 Å². The second kappa shape index (κ2) is 6.30. The third kappa shape index (κ3) is 3.35. The molecular formula is C13H11IO8. The first-order valence-electron chi connectivity index (χ1n) is 5.95. The fraction of sp³-hybridized carbons (Fsp3) is 0.231. The van der Waals surface area contributed by atoms with Gasteiger partial charge in [0.05, 0.1) is 0 Å². The number of hydrogen-bond acceptors (Lipinski definition) is 8. The van der Waals surface area contributed by atoms with E-state index in [1.54, 1.807) is 0 Å². The van der Waals surface area contributed by atoms with Crippen molar-refractivity contribution in [3.63, 3.8) is 0 Å². The Morgan fingerprint density at radius 2 is 1.64 bits per heavy atom. The molecule has 8 nitrogen and oxygen atoms in total. The Labute approximate surface area is 133 Å². The molecule has 1 aromatic carbocycles. The summed E-state index contributed by atoms with van der Waals surface area (Å²) in [5, 5.41) is 0. The fourth-order valence-corrected chi connectivity index (χ4v) is 4.73. The minimum absolute atomic E-state index is 0.0552. The number of carbonyl (C=O) groups is 4. The van der Waals surface area contributed by atoms with Crippen molar-refractivity contribution in [2.75, 3.05) is 0 Å². The predicted molar refractivity (Wildman–Crippen MR) is 79.0 cm³/mol. The maximum atomic E-state index is 12.0. The van der Waals surface area contributed by atoms with Gasteiger partial charge in [0.1, 0.15) is 0 Å². The third-order valence-electron chi connectivity index (χ3n) is 2.26. The first kappa shape index (κ1) is 16.2. The van der Waals surface area contributed by atoms with Crippen LogP contribution in [0.2, 0.25) is 0 Å². The molecule has 118 valence electrons. The molecule has 1 aliphatic rings. The summed E-state index contributed by atoms with van der Waals surface area (Å²) >= 11 is -2.95. The van der Waals surface area contributed by atoms with Gasteiger partial charge in [0.2, 0.25) is 0 Å². The zero-order chi connectivity index (χ0) is 16.4. The maximum absolute atomic E-state index is 12.0. The third-order valence-corrected chi connectivity index (χ3v) is 5.93. The van der Waals surface area contributed by atoms with E-state index in [1.165, 1.54) is 26.0 Å². The van der Waals surface area contributed by atoms with Crippen LogP contribution in [0, 0.1) is 3.57 Å². The zero-order valence-electron chi connectivity index (χ0n) is 11.8. The van der Waals surface area contributed by atoms with E-state index in [0.717, 1.165) is 6.92 Å². The van der Waals surface area contributed by atoms with Gasteiger partial charge in [0.25, 0.3) is 0 Å². The van der Waals surface area contributed by atoms with Gasteiger partial charge in [-0.1, -0.05) is 0 Å². The monoisotopic (exact) mass is 422 g/mol. The van der Waals surface area contributed by atoms with E-state index >= 15 is 0 Å². The van der Waals surface area contributed by atoms with Crippen molar-refractivity contribution in [1.29, 1.82) is 0 Å². The Bertz CT molecular complexity index is 681. The zero-order valence-corrected chi connectivity index (χ0v) is 14.0. The summed E-state index contributed by atoms with van der Waals surface area (Å²) in [5.74, 6) is -3.00. The first-order chi connectivity index (χ1) is 10.3. The summed E-state index contributed by atoms with van der Waals surface area (Å²) in [5.41, 5.74) is -0.0552. The Balaban J connectivity index is 2.54. The number of rotatable bonds is 3. The van der Waals surface area contributed by atoms with Crippen LogP contribution in [0.4, 0.5) is 0 Å². The number of ether oxygens (including phenoxy) is 2. The fourth-order valence-electron chi connectivity index (χ4n) is 1.64. The van der Waals surface area contributed by atoms with Crippen molar-refractivity contribution in [2.24, 2.45) is 0 Å². The molecule has 2 rings (SSSR count). The molecule has 0 saturated heterocycles. The Morgan fingerprint density at radius 3 is 2.18 bits per heavy atom. The van der Waals surface area contributed by atoms with E-state index in [4.69, 9.17) is 15.6 Å². The second-order valence-corrected chi connectivity index (χ2v) is 7.37. The van der Waals surface area contributed by atoms with Gasteiger partial charge in [0, 0.05) is 0 Å². The summed E-state index contributed by atoms with van der Waals surface area (Å²) in [6, 6.07) is 2.81. The Kier molecular flexibility index (Phi) is 4.64. The molecule has 0 bridgehead atoms. The van der Waals surface area contributed by atoms with Crippen LogP contribution in [-0.2, 0) is 20.5 Å². The predicted octanol–water partition coefficient (Wildman–Crippen LogP) is 1.78. The molecule has 0 N–H and O–H groups in total. The normalized spacial score (nSPS) is 14.0. The summed E-state index contributed by atoms with van der Waals surface area (Å²) in [4.78, 5) is 45.4. The number of hydrogen-bond donors (Lipinski definition) is 0. The average Bonchev–Trinajstić information content (AvgIpc) is 2.67. The van der Waals surface area contributed by atoms with Crippen LogP contribution in [0.1, 0.15) is 31.1 Å². The van der Waals surface area contributed by atoms with Gasteiger partial charge in [-0.2, -0.15) is 0 Å². The van der Waals surface area contributed by atoms with Crippen molar-refractivity contribution in [2.45, 2.75) is 20.8 Å². The van der Waals surface area contributed by atoms with E-state index in [2.05, 4.69) is 0 Å². The van der Waals surface area contributed by atoms with Gasteiger partial charge in [0.15, 0.2) is 0 Å². The summed E-state index contributed by atoms with van der Waals surface area (Å²) in [7, 11) is 0. The summed E-state index contributed by atoms with van der Waals surface area (Å²) in [6.07, 6.45) is 0. The topological polar surface area (TPSA) is 105 Å². The molecule has 0 aliphatic carbocycles. The van der Waals surface area contributed by atoms with Crippen LogP contribution in [0.3, 0.4) is 0 Å². The molecule has 0 saturated carbocycles. The van der Waals surface area contributed by atoms with E-state index < -0.39 is 44.5 Å². The quantitative estimate of drug-likeness (QED) is 0.413. The molecule has 0 unspecified atom stereocenters. The molecule has 0 fully saturated rings. The van der Waals surface area contributed by atoms with Crippen LogP contribution in [-0.4, -0.2) is 23.9 Å². The number of carbonyl (C=O) groups excluding carboxylic acids is 4. The molecule has 0 spiro atoms. The van der Waals surface area contributed by atoms with E-state index in [9.17, 15) is 19.2 Å². The first-order valence-corrected chi connectivity index (χ1v) is 8.79. The number of halogens is 1. The van der Waals surface area contributed by atoms with Crippen molar-refractivity contribution in [1.82, 2.24) is 0 Å². The SMILES string of the molecule is CC(=O)Oc1ccc2c(c1OC(C)=O)C(=O)OI2OC(C)=O. The Hall–Kier alpha value is -2.17. The van der Waals surface area contributed by atoms with Gasteiger partial charge < -0.3 is 0 Å². The second-order valence-electron chi connectivity index (χ2n) is 4.09. The van der Waals surface area contributed by atoms with Crippen LogP contribution in [0.5, 0.6) is 11.5 Å². The standard InChI is InChI=1S/C13H11IO8/c1-6(15)19-10-5-4-9-11(12(10)20-7(2)16)13(18)22-14(9)21-8(3)17/h4-5H,1-3H3.